The van der Waals surface area contributed by atoms with Crippen LogP contribution in [-0.4, -0.2) is 39.9 Å². The van der Waals surface area contributed by atoms with E-state index in [1.165, 1.54) is 6.33 Å². The molecule has 6 nitrogen and oxygen atoms in total. The summed E-state index contributed by atoms with van der Waals surface area (Å²) in [7, 11) is 1.67. The summed E-state index contributed by atoms with van der Waals surface area (Å²) in [6.45, 7) is 2.65. The molecule has 0 bridgehead atoms. The molecule has 0 aromatic carbocycles. The Morgan fingerprint density at radius 1 is 1.53 bits per heavy atom. The molecular weight excluding hydrogens is 194 g/mol. The molecule has 1 unspecified atom stereocenters. The Morgan fingerprint density at radius 3 is 3.20 bits per heavy atom. The van der Waals surface area contributed by atoms with Crippen molar-refractivity contribution >= 4 is 16.9 Å². The van der Waals surface area contributed by atoms with E-state index < -0.39 is 0 Å². The first-order valence-electron chi connectivity index (χ1n) is 4.71. The molecule has 2 rings (SSSR count). The monoisotopic (exact) mass is 207 g/mol. The molecule has 15 heavy (non-hydrogen) atoms. The van der Waals surface area contributed by atoms with Crippen molar-refractivity contribution in [2.75, 3.05) is 19.0 Å². The maximum atomic E-state index is 5.04. The third-order valence-electron chi connectivity index (χ3n) is 2.05. The number of hydrogen-bond donors (Lipinski definition) is 2. The van der Waals surface area contributed by atoms with Crippen molar-refractivity contribution in [3.05, 3.63) is 12.5 Å². The van der Waals surface area contributed by atoms with Crippen LogP contribution in [0.3, 0.4) is 0 Å². The first-order chi connectivity index (χ1) is 7.31. The topological polar surface area (TPSA) is 75.7 Å². The lowest BCUT2D eigenvalue weighted by molar-refractivity contribution is 0.190. The van der Waals surface area contributed by atoms with Crippen LogP contribution in [0, 0.1) is 0 Å². The van der Waals surface area contributed by atoms with Crippen molar-refractivity contribution in [2.45, 2.75) is 13.0 Å². The van der Waals surface area contributed by atoms with Crippen LogP contribution in [0.4, 0.5) is 5.82 Å². The Balaban J connectivity index is 2.23. The van der Waals surface area contributed by atoms with E-state index in [4.69, 9.17) is 4.74 Å². The predicted octanol–water partition coefficient (Wildman–Crippen LogP) is 0.800. The number of hydrogen-bond acceptors (Lipinski definition) is 5. The molecule has 0 radical (unpaired) electrons. The second kappa shape index (κ2) is 4.22. The lowest BCUT2D eigenvalue weighted by Gasteiger charge is -2.13. The maximum Gasteiger partial charge on any atom is 0.160 e. The van der Waals surface area contributed by atoms with Crippen LogP contribution < -0.4 is 5.32 Å². The number of anilines is 1. The lowest BCUT2D eigenvalue weighted by Crippen LogP contribution is -2.21. The average molecular weight is 207 g/mol. The molecule has 0 aliphatic heterocycles. The minimum absolute atomic E-state index is 0.197. The second-order valence-electron chi connectivity index (χ2n) is 3.36. The summed E-state index contributed by atoms with van der Waals surface area (Å²) < 4.78 is 5.04. The molecule has 0 spiro atoms. The van der Waals surface area contributed by atoms with Crippen LogP contribution in [0.5, 0.6) is 0 Å². The van der Waals surface area contributed by atoms with Gasteiger partial charge in [0, 0.05) is 13.2 Å². The molecule has 0 saturated carbocycles. The van der Waals surface area contributed by atoms with Crippen molar-refractivity contribution in [1.82, 2.24) is 20.2 Å². The molecular formula is C9H13N5O. The fourth-order valence-corrected chi connectivity index (χ4v) is 1.40. The molecule has 1 atom stereocenters. The smallest absolute Gasteiger partial charge is 0.160 e. The molecule has 2 aromatic rings. The Labute approximate surface area is 87.1 Å². The molecule has 2 N–H and O–H groups in total. The van der Waals surface area contributed by atoms with Crippen molar-refractivity contribution in [1.29, 1.82) is 0 Å². The van der Waals surface area contributed by atoms with Crippen molar-refractivity contribution in [2.24, 2.45) is 0 Å². The zero-order valence-electron chi connectivity index (χ0n) is 8.69. The van der Waals surface area contributed by atoms with E-state index in [0.717, 1.165) is 16.9 Å². The highest BCUT2D eigenvalue weighted by Crippen LogP contribution is 2.16. The van der Waals surface area contributed by atoms with E-state index in [1.54, 1.807) is 13.3 Å². The van der Waals surface area contributed by atoms with E-state index in [0.29, 0.717) is 6.61 Å². The molecule has 0 amide bonds. The van der Waals surface area contributed by atoms with E-state index in [1.807, 2.05) is 6.92 Å². The predicted molar refractivity (Wildman–Crippen MR) is 56.6 cm³/mol. The van der Waals surface area contributed by atoms with Gasteiger partial charge in [-0.1, -0.05) is 0 Å². The summed E-state index contributed by atoms with van der Waals surface area (Å²) in [6, 6.07) is 0.197. The summed E-state index contributed by atoms with van der Waals surface area (Å²) in [5, 5.41) is 10.8. The molecule has 0 aliphatic rings. The van der Waals surface area contributed by atoms with E-state index in [2.05, 4.69) is 25.5 Å². The quantitative estimate of drug-likeness (QED) is 0.775. The van der Waals surface area contributed by atoms with Gasteiger partial charge in [-0.2, -0.15) is 5.10 Å². The molecule has 0 aliphatic carbocycles. The van der Waals surface area contributed by atoms with E-state index in [9.17, 15) is 0 Å². The molecule has 2 heterocycles. The first kappa shape index (κ1) is 9.85. The normalized spacial score (nSPS) is 12.9. The highest BCUT2D eigenvalue weighted by Gasteiger charge is 2.07. The van der Waals surface area contributed by atoms with Gasteiger partial charge in [-0.3, -0.25) is 5.10 Å². The summed E-state index contributed by atoms with van der Waals surface area (Å²) in [5.41, 5.74) is 0.733. The number of aromatic nitrogens is 4. The number of aromatic amines is 1. The van der Waals surface area contributed by atoms with Crippen LogP contribution in [0.15, 0.2) is 12.5 Å². The van der Waals surface area contributed by atoms with Gasteiger partial charge in [0.05, 0.1) is 18.2 Å². The Kier molecular flexibility index (Phi) is 2.77. The van der Waals surface area contributed by atoms with Gasteiger partial charge in [0.15, 0.2) is 5.65 Å². The average Bonchev–Trinajstić information content (AvgIpc) is 2.67. The van der Waals surface area contributed by atoms with Crippen molar-refractivity contribution < 1.29 is 4.74 Å². The third kappa shape index (κ3) is 2.04. The van der Waals surface area contributed by atoms with Crippen molar-refractivity contribution in [3.8, 4) is 0 Å². The fraction of sp³-hybridized carbons (Fsp3) is 0.444. The Hall–Kier alpha value is -1.69. The van der Waals surface area contributed by atoms with Crippen LogP contribution in [0.1, 0.15) is 6.92 Å². The van der Waals surface area contributed by atoms with Crippen molar-refractivity contribution in [3.63, 3.8) is 0 Å². The minimum Gasteiger partial charge on any atom is -0.383 e. The van der Waals surface area contributed by atoms with Crippen LogP contribution in [-0.2, 0) is 4.74 Å². The number of nitrogens with one attached hydrogen (secondary N) is 2. The molecule has 2 aromatic heterocycles. The third-order valence-corrected chi connectivity index (χ3v) is 2.05. The maximum absolute atomic E-state index is 5.04. The Morgan fingerprint density at radius 2 is 2.40 bits per heavy atom. The van der Waals surface area contributed by atoms with Crippen LogP contribution >= 0.6 is 0 Å². The van der Waals surface area contributed by atoms with Gasteiger partial charge in [0.25, 0.3) is 0 Å². The Bertz CT molecular complexity index is 441. The number of nitrogens with zero attached hydrogens (tertiary/aromatic N) is 3. The van der Waals surface area contributed by atoms with Gasteiger partial charge < -0.3 is 10.1 Å². The number of rotatable bonds is 4. The fourth-order valence-electron chi connectivity index (χ4n) is 1.40. The van der Waals surface area contributed by atoms with Gasteiger partial charge >= 0.3 is 0 Å². The van der Waals surface area contributed by atoms with Gasteiger partial charge in [-0.25, -0.2) is 9.97 Å². The minimum atomic E-state index is 0.197. The van der Waals surface area contributed by atoms with Crippen LogP contribution in [0.25, 0.3) is 11.0 Å². The van der Waals surface area contributed by atoms with Gasteiger partial charge in [-0.15, -0.1) is 0 Å². The number of methoxy groups -OCH3 is 1. The number of H-pyrrole nitrogens is 1. The van der Waals surface area contributed by atoms with Gasteiger partial charge in [0.1, 0.15) is 12.1 Å². The van der Waals surface area contributed by atoms with Gasteiger partial charge in [-0.05, 0) is 6.92 Å². The SMILES string of the molecule is COCC(C)Nc1ncnc2[nH]ncc12. The number of fused-ring (bicyclic) bond motifs is 1. The summed E-state index contributed by atoms with van der Waals surface area (Å²) in [6.07, 6.45) is 3.21. The van der Waals surface area contributed by atoms with Crippen LogP contribution in [0.2, 0.25) is 0 Å². The second-order valence-corrected chi connectivity index (χ2v) is 3.36. The van der Waals surface area contributed by atoms with E-state index in [-0.39, 0.29) is 6.04 Å². The zero-order chi connectivity index (χ0) is 10.7. The molecule has 0 fully saturated rings. The summed E-state index contributed by atoms with van der Waals surface area (Å²) >= 11 is 0. The summed E-state index contributed by atoms with van der Waals surface area (Å²) in [4.78, 5) is 8.22. The molecule has 80 valence electrons. The summed E-state index contributed by atoms with van der Waals surface area (Å²) in [5.74, 6) is 0.776. The number of ether oxygens (including phenoxy) is 1. The largest absolute Gasteiger partial charge is 0.383 e. The van der Waals surface area contributed by atoms with E-state index >= 15 is 0 Å². The first-order valence-corrected chi connectivity index (χ1v) is 4.71. The molecule has 0 saturated heterocycles. The standard InChI is InChI=1S/C9H13N5O/c1-6(4-15-2)13-8-7-3-12-14-9(7)11-5-10-8/h3,5-6H,4H2,1-2H3,(H2,10,11,12,13,14). The highest BCUT2D eigenvalue weighted by molar-refractivity contribution is 5.85. The highest BCUT2D eigenvalue weighted by atomic mass is 16.5. The zero-order valence-corrected chi connectivity index (χ0v) is 8.69. The lowest BCUT2D eigenvalue weighted by atomic mass is 10.3. The van der Waals surface area contributed by atoms with Gasteiger partial charge in [0.2, 0.25) is 0 Å². The molecule has 6 heteroatoms.